The van der Waals surface area contributed by atoms with Gasteiger partial charge in [0, 0.05) is 19.1 Å². The molecule has 0 amide bonds. The van der Waals surface area contributed by atoms with Crippen LogP contribution in [-0.4, -0.2) is 37.1 Å². The predicted molar refractivity (Wildman–Crippen MR) is 80.9 cm³/mol. The Hall–Kier alpha value is -0.0800. The van der Waals surface area contributed by atoms with Crippen molar-refractivity contribution in [2.45, 2.75) is 60.4 Å². The van der Waals surface area contributed by atoms with Gasteiger partial charge in [0.05, 0.1) is 0 Å². The van der Waals surface area contributed by atoms with Gasteiger partial charge in [0.2, 0.25) is 0 Å². The Kier molecular flexibility index (Phi) is 6.13. The fourth-order valence-electron chi connectivity index (χ4n) is 3.06. The third-order valence-corrected chi connectivity index (χ3v) is 4.07. The van der Waals surface area contributed by atoms with Crippen LogP contribution in [0.15, 0.2) is 0 Å². The Labute approximate surface area is 115 Å². The molecule has 1 heterocycles. The van der Waals surface area contributed by atoms with E-state index >= 15 is 0 Å². The average Bonchev–Trinajstić information content (AvgIpc) is 2.21. The fraction of sp³-hybridized carbons (Fsp3) is 1.00. The maximum atomic E-state index is 3.65. The molecule has 0 aromatic heterocycles. The molecule has 0 aromatic rings. The molecule has 0 spiro atoms. The van der Waals surface area contributed by atoms with Gasteiger partial charge in [-0.2, -0.15) is 0 Å². The van der Waals surface area contributed by atoms with Crippen molar-refractivity contribution < 1.29 is 0 Å². The molecular weight excluding hydrogens is 220 g/mol. The number of rotatable bonds is 6. The van der Waals surface area contributed by atoms with Crippen LogP contribution >= 0.6 is 0 Å². The minimum Gasteiger partial charge on any atom is -0.315 e. The first-order valence-electron chi connectivity index (χ1n) is 7.76. The van der Waals surface area contributed by atoms with E-state index in [0.717, 1.165) is 24.9 Å². The second-order valence-electron chi connectivity index (χ2n) is 7.60. The number of likely N-dealkylation sites (tertiary alicyclic amines) is 1. The van der Waals surface area contributed by atoms with Crippen molar-refractivity contribution in [1.29, 1.82) is 0 Å². The number of hydrogen-bond acceptors (Lipinski definition) is 2. The van der Waals surface area contributed by atoms with Crippen molar-refractivity contribution >= 4 is 0 Å². The molecule has 2 nitrogen and oxygen atoms in total. The van der Waals surface area contributed by atoms with E-state index in [0.29, 0.717) is 11.5 Å². The zero-order valence-corrected chi connectivity index (χ0v) is 13.4. The van der Waals surface area contributed by atoms with E-state index < -0.39 is 0 Å². The van der Waals surface area contributed by atoms with Crippen LogP contribution in [0.25, 0.3) is 0 Å². The zero-order valence-electron chi connectivity index (χ0n) is 13.4. The highest BCUT2D eigenvalue weighted by Crippen LogP contribution is 2.30. The Balaban J connectivity index is 2.50. The monoisotopic (exact) mass is 254 g/mol. The lowest BCUT2D eigenvalue weighted by Crippen LogP contribution is -2.52. The van der Waals surface area contributed by atoms with Gasteiger partial charge >= 0.3 is 0 Å². The molecule has 2 heteroatoms. The van der Waals surface area contributed by atoms with E-state index in [1.807, 2.05) is 0 Å². The van der Waals surface area contributed by atoms with Crippen LogP contribution in [0.5, 0.6) is 0 Å². The van der Waals surface area contributed by atoms with Crippen molar-refractivity contribution in [3.8, 4) is 0 Å². The summed E-state index contributed by atoms with van der Waals surface area (Å²) in [6.45, 7) is 19.0. The van der Waals surface area contributed by atoms with Crippen LogP contribution in [0.4, 0.5) is 0 Å². The van der Waals surface area contributed by atoms with E-state index in [2.05, 4.69) is 51.8 Å². The lowest BCUT2D eigenvalue weighted by Gasteiger charge is -2.44. The van der Waals surface area contributed by atoms with Gasteiger partial charge < -0.3 is 5.32 Å². The second kappa shape index (κ2) is 6.91. The van der Waals surface area contributed by atoms with Gasteiger partial charge in [0.25, 0.3) is 0 Å². The Morgan fingerprint density at radius 3 is 2.28 bits per heavy atom. The number of hydrogen-bond donors (Lipinski definition) is 1. The average molecular weight is 254 g/mol. The summed E-state index contributed by atoms with van der Waals surface area (Å²) in [5.41, 5.74) is 0.503. The molecule has 1 rings (SSSR count). The molecule has 18 heavy (non-hydrogen) atoms. The molecule has 0 radical (unpaired) electrons. The lowest BCUT2D eigenvalue weighted by molar-refractivity contribution is 0.0580. The van der Waals surface area contributed by atoms with E-state index in [1.54, 1.807) is 0 Å². The van der Waals surface area contributed by atoms with Crippen molar-refractivity contribution in [3.05, 3.63) is 0 Å². The van der Waals surface area contributed by atoms with E-state index in [1.165, 1.54) is 25.9 Å². The smallest absolute Gasteiger partial charge is 0.0243 e. The van der Waals surface area contributed by atoms with Gasteiger partial charge in [-0.15, -0.1) is 0 Å². The van der Waals surface area contributed by atoms with E-state index in [-0.39, 0.29) is 0 Å². The molecule has 1 unspecified atom stereocenters. The lowest BCUT2D eigenvalue weighted by atomic mass is 9.82. The summed E-state index contributed by atoms with van der Waals surface area (Å²) in [5, 5.41) is 3.65. The first kappa shape index (κ1) is 16.0. The zero-order chi connectivity index (χ0) is 13.8. The highest BCUT2D eigenvalue weighted by atomic mass is 15.2. The normalized spacial score (nSPS) is 22.7. The van der Waals surface area contributed by atoms with Gasteiger partial charge in [-0.3, -0.25) is 4.90 Å². The number of piperidine rings is 1. The molecule has 1 aliphatic heterocycles. The molecule has 0 saturated carbocycles. The molecule has 1 saturated heterocycles. The number of nitrogens with zero attached hydrogens (tertiary/aromatic N) is 1. The Bertz CT molecular complexity index is 233. The maximum absolute atomic E-state index is 3.65. The molecule has 0 aliphatic carbocycles. The molecular formula is C16H34N2. The summed E-state index contributed by atoms with van der Waals surface area (Å²) in [6, 6.07) is 0.698. The van der Waals surface area contributed by atoms with Crippen LogP contribution in [0, 0.1) is 17.3 Å². The van der Waals surface area contributed by atoms with Crippen molar-refractivity contribution in [2.75, 3.05) is 26.2 Å². The summed E-state index contributed by atoms with van der Waals surface area (Å²) in [6.07, 6.45) is 2.74. The van der Waals surface area contributed by atoms with Gasteiger partial charge in [0.1, 0.15) is 0 Å². The highest BCUT2D eigenvalue weighted by Gasteiger charge is 2.31. The topological polar surface area (TPSA) is 15.3 Å². The van der Waals surface area contributed by atoms with E-state index in [9.17, 15) is 0 Å². The van der Waals surface area contributed by atoms with Gasteiger partial charge in [0.15, 0.2) is 0 Å². The van der Waals surface area contributed by atoms with Crippen molar-refractivity contribution in [1.82, 2.24) is 10.2 Å². The van der Waals surface area contributed by atoms with Crippen molar-refractivity contribution in [2.24, 2.45) is 17.3 Å². The molecule has 1 fully saturated rings. The van der Waals surface area contributed by atoms with Gasteiger partial charge in [-0.05, 0) is 43.2 Å². The molecule has 108 valence electrons. The first-order chi connectivity index (χ1) is 8.32. The van der Waals surface area contributed by atoms with E-state index in [4.69, 9.17) is 0 Å². The molecule has 1 atom stereocenters. The SMILES string of the molecule is CC(C)CNCC(C(C)C)N1CCCC(C)(C)C1. The minimum atomic E-state index is 0.503. The molecule has 1 aliphatic rings. The second-order valence-corrected chi connectivity index (χ2v) is 7.60. The first-order valence-corrected chi connectivity index (χ1v) is 7.76. The largest absolute Gasteiger partial charge is 0.315 e. The summed E-state index contributed by atoms with van der Waals surface area (Å²) in [7, 11) is 0. The maximum Gasteiger partial charge on any atom is 0.0243 e. The summed E-state index contributed by atoms with van der Waals surface area (Å²) >= 11 is 0. The molecule has 0 bridgehead atoms. The number of nitrogens with one attached hydrogen (secondary N) is 1. The molecule has 1 N–H and O–H groups in total. The van der Waals surface area contributed by atoms with Crippen LogP contribution in [0.3, 0.4) is 0 Å². The van der Waals surface area contributed by atoms with Crippen LogP contribution in [0.1, 0.15) is 54.4 Å². The van der Waals surface area contributed by atoms with Crippen LogP contribution < -0.4 is 5.32 Å². The Morgan fingerprint density at radius 2 is 1.78 bits per heavy atom. The summed E-state index contributed by atoms with van der Waals surface area (Å²) in [4.78, 5) is 2.72. The van der Waals surface area contributed by atoms with Crippen molar-refractivity contribution in [3.63, 3.8) is 0 Å². The third kappa shape index (κ3) is 5.27. The predicted octanol–water partition coefficient (Wildman–Crippen LogP) is 3.38. The molecule has 0 aromatic carbocycles. The summed E-state index contributed by atoms with van der Waals surface area (Å²) < 4.78 is 0. The highest BCUT2D eigenvalue weighted by molar-refractivity contribution is 4.86. The Morgan fingerprint density at radius 1 is 1.11 bits per heavy atom. The van der Waals surface area contributed by atoms with Crippen LogP contribution in [0.2, 0.25) is 0 Å². The minimum absolute atomic E-state index is 0.503. The quantitative estimate of drug-likeness (QED) is 0.782. The van der Waals surface area contributed by atoms with Gasteiger partial charge in [-0.1, -0.05) is 41.5 Å². The standard InChI is InChI=1S/C16H34N2/c1-13(2)10-17-11-15(14(3)4)18-9-7-8-16(5,6)12-18/h13-15,17H,7-12H2,1-6H3. The fourth-order valence-corrected chi connectivity index (χ4v) is 3.06. The summed E-state index contributed by atoms with van der Waals surface area (Å²) in [5.74, 6) is 1.48. The van der Waals surface area contributed by atoms with Gasteiger partial charge in [-0.25, -0.2) is 0 Å². The van der Waals surface area contributed by atoms with Crippen LogP contribution in [-0.2, 0) is 0 Å². The third-order valence-electron chi connectivity index (χ3n) is 4.07.